The van der Waals surface area contributed by atoms with Crippen LogP contribution in [0.25, 0.3) is 0 Å². The molecule has 0 bridgehead atoms. The quantitative estimate of drug-likeness (QED) is 0.883. The first-order valence-electron chi connectivity index (χ1n) is 7.91. The summed E-state index contributed by atoms with van der Waals surface area (Å²) < 4.78 is 1.23. The van der Waals surface area contributed by atoms with E-state index < -0.39 is 0 Å². The third kappa shape index (κ3) is 3.49. The molecule has 0 spiro atoms. The van der Waals surface area contributed by atoms with Crippen molar-refractivity contribution in [1.29, 1.82) is 0 Å². The monoisotopic (exact) mass is 350 g/mol. The minimum atomic E-state index is 0.323. The highest BCUT2D eigenvalue weighted by Gasteiger charge is 2.32. The predicted molar refractivity (Wildman–Crippen MR) is 88.3 cm³/mol. The van der Waals surface area contributed by atoms with Crippen LogP contribution in [0.2, 0.25) is 0 Å². The molecule has 1 aromatic carbocycles. The van der Waals surface area contributed by atoms with Crippen LogP contribution in [-0.2, 0) is 4.79 Å². The number of halogens is 1. The SMILES string of the molecule is CC(CN1CCCC1=O)NC1CC(c2ccccc2Br)C1. The first-order valence-corrected chi connectivity index (χ1v) is 8.71. The van der Waals surface area contributed by atoms with Crippen molar-refractivity contribution in [3.8, 4) is 0 Å². The third-order valence-electron chi connectivity index (χ3n) is 4.67. The average Bonchev–Trinajstić information content (AvgIpc) is 2.80. The molecule has 1 aliphatic heterocycles. The number of rotatable bonds is 5. The van der Waals surface area contributed by atoms with Crippen molar-refractivity contribution in [2.45, 2.75) is 50.6 Å². The Bertz CT molecular complexity index is 513. The molecular weight excluding hydrogens is 328 g/mol. The summed E-state index contributed by atoms with van der Waals surface area (Å²) in [5, 5.41) is 3.67. The van der Waals surface area contributed by atoms with Crippen LogP contribution in [0.5, 0.6) is 0 Å². The Balaban J connectivity index is 1.44. The van der Waals surface area contributed by atoms with Crippen molar-refractivity contribution in [2.75, 3.05) is 13.1 Å². The van der Waals surface area contributed by atoms with Gasteiger partial charge < -0.3 is 10.2 Å². The van der Waals surface area contributed by atoms with Crippen molar-refractivity contribution in [3.05, 3.63) is 34.3 Å². The van der Waals surface area contributed by atoms with Gasteiger partial charge in [0.05, 0.1) is 0 Å². The van der Waals surface area contributed by atoms with Crippen LogP contribution in [0.1, 0.15) is 44.1 Å². The number of likely N-dealkylation sites (tertiary alicyclic amines) is 1. The number of nitrogens with zero attached hydrogens (tertiary/aromatic N) is 1. The zero-order chi connectivity index (χ0) is 14.8. The van der Waals surface area contributed by atoms with E-state index in [0.29, 0.717) is 23.9 Å². The van der Waals surface area contributed by atoms with Gasteiger partial charge in [-0.3, -0.25) is 4.79 Å². The van der Waals surface area contributed by atoms with E-state index in [4.69, 9.17) is 0 Å². The smallest absolute Gasteiger partial charge is 0.222 e. The number of carbonyl (C=O) groups excluding carboxylic acids is 1. The number of hydrogen-bond donors (Lipinski definition) is 1. The van der Waals surface area contributed by atoms with Crippen LogP contribution in [0.15, 0.2) is 28.7 Å². The molecule has 1 aromatic rings. The molecule has 1 saturated carbocycles. The number of benzene rings is 1. The van der Waals surface area contributed by atoms with Crippen LogP contribution in [0.4, 0.5) is 0 Å². The second-order valence-electron chi connectivity index (χ2n) is 6.40. The van der Waals surface area contributed by atoms with Gasteiger partial charge in [0.1, 0.15) is 0 Å². The van der Waals surface area contributed by atoms with Crippen LogP contribution >= 0.6 is 15.9 Å². The molecule has 1 atom stereocenters. The van der Waals surface area contributed by atoms with Gasteiger partial charge in [0.2, 0.25) is 5.91 Å². The second kappa shape index (κ2) is 6.49. The Morgan fingerprint density at radius 2 is 2.14 bits per heavy atom. The number of carbonyl (C=O) groups is 1. The molecule has 1 aliphatic carbocycles. The maximum absolute atomic E-state index is 11.6. The summed E-state index contributed by atoms with van der Waals surface area (Å²) in [5.41, 5.74) is 1.43. The Kier molecular flexibility index (Phi) is 4.65. The standard InChI is InChI=1S/C17H23BrN2O/c1-12(11-20-8-4-7-17(20)21)19-14-9-13(10-14)15-5-2-3-6-16(15)18/h2-3,5-6,12-14,19H,4,7-11H2,1H3. The van der Waals surface area contributed by atoms with E-state index in [2.05, 4.69) is 52.4 Å². The lowest BCUT2D eigenvalue weighted by molar-refractivity contribution is -0.128. The number of amides is 1. The molecule has 2 aliphatic rings. The summed E-state index contributed by atoms with van der Waals surface area (Å²) in [7, 11) is 0. The van der Waals surface area contributed by atoms with Crippen molar-refractivity contribution in [1.82, 2.24) is 10.2 Å². The maximum Gasteiger partial charge on any atom is 0.222 e. The average molecular weight is 351 g/mol. The van der Waals surface area contributed by atoms with E-state index >= 15 is 0 Å². The van der Waals surface area contributed by atoms with Gasteiger partial charge in [-0.2, -0.15) is 0 Å². The highest BCUT2D eigenvalue weighted by Crippen LogP contribution is 2.40. The fraction of sp³-hybridized carbons (Fsp3) is 0.588. The Hall–Kier alpha value is -0.870. The topological polar surface area (TPSA) is 32.3 Å². The maximum atomic E-state index is 11.6. The Morgan fingerprint density at radius 1 is 1.38 bits per heavy atom. The van der Waals surface area contributed by atoms with Gasteiger partial charge in [-0.25, -0.2) is 0 Å². The molecule has 114 valence electrons. The molecule has 2 fully saturated rings. The molecule has 1 unspecified atom stereocenters. The molecule has 1 N–H and O–H groups in total. The minimum Gasteiger partial charge on any atom is -0.341 e. The summed E-state index contributed by atoms with van der Waals surface area (Å²) in [6.45, 7) is 3.99. The van der Waals surface area contributed by atoms with Crippen LogP contribution in [-0.4, -0.2) is 36.0 Å². The van der Waals surface area contributed by atoms with E-state index in [0.717, 1.165) is 25.9 Å². The molecule has 0 aromatic heterocycles. The van der Waals surface area contributed by atoms with Crippen LogP contribution in [0.3, 0.4) is 0 Å². The van der Waals surface area contributed by atoms with Gasteiger partial charge in [-0.1, -0.05) is 34.1 Å². The molecule has 3 rings (SSSR count). The van der Waals surface area contributed by atoms with Crippen molar-refractivity contribution < 1.29 is 4.79 Å². The van der Waals surface area contributed by atoms with E-state index in [1.54, 1.807) is 0 Å². The summed E-state index contributed by atoms with van der Waals surface area (Å²) in [6, 6.07) is 9.50. The van der Waals surface area contributed by atoms with Crippen LogP contribution < -0.4 is 5.32 Å². The molecule has 1 heterocycles. The van der Waals surface area contributed by atoms with Gasteiger partial charge >= 0.3 is 0 Å². The highest BCUT2D eigenvalue weighted by molar-refractivity contribution is 9.10. The van der Waals surface area contributed by atoms with Crippen molar-refractivity contribution >= 4 is 21.8 Å². The molecule has 1 amide bonds. The third-order valence-corrected chi connectivity index (χ3v) is 5.39. The lowest BCUT2D eigenvalue weighted by Crippen LogP contribution is -2.48. The summed E-state index contributed by atoms with van der Waals surface area (Å²) in [6.07, 6.45) is 4.15. The molecule has 1 saturated heterocycles. The van der Waals surface area contributed by atoms with E-state index in [1.165, 1.54) is 22.9 Å². The highest BCUT2D eigenvalue weighted by atomic mass is 79.9. The van der Waals surface area contributed by atoms with Gasteiger partial charge in [0, 0.05) is 36.1 Å². The fourth-order valence-corrected chi connectivity index (χ4v) is 4.11. The molecule has 21 heavy (non-hydrogen) atoms. The van der Waals surface area contributed by atoms with Gasteiger partial charge in [0.15, 0.2) is 0 Å². The Morgan fingerprint density at radius 3 is 2.81 bits per heavy atom. The predicted octanol–water partition coefficient (Wildman–Crippen LogP) is 3.30. The van der Waals surface area contributed by atoms with Crippen molar-refractivity contribution in [2.24, 2.45) is 0 Å². The first kappa shape index (κ1) is 15.0. The lowest BCUT2D eigenvalue weighted by Gasteiger charge is -2.39. The van der Waals surface area contributed by atoms with E-state index in [9.17, 15) is 4.79 Å². The normalized spacial score (nSPS) is 26.8. The van der Waals surface area contributed by atoms with Gasteiger partial charge in [-0.05, 0) is 43.7 Å². The van der Waals surface area contributed by atoms with Crippen molar-refractivity contribution in [3.63, 3.8) is 0 Å². The van der Waals surface area contributed by atoms with Gasteiger partial charge in [-0.15, -0.1) is 0 Å². The first-order chi connectivity index (χ1) is 10.1. The molecule has 0 radical (unpaired) electrons. The molecule has 4 heteroatoms. The summed E-state index contributed by atoms with van der Waals surface area (Å²) in [5.74, 6) is 0.988. The minimum absolute atomic E-state index is 0.323. The van der Waals surface area contributed by atoms with E-state index in [-0.39, 0.29) is 0 Å². The number of hydrogen-bond acceptors (Lipinski definition) is 2. The van der Waals surface area contributed by atoms with E-state index in [1.807, 2.05) is 4.90 Å². The Labute approximate surface area is 135 Å². The fourth-order valence-electron chi connectivity index (χ4n) is 3.50. The lowest BCUT2D eigenvalue weighted by atomic mass is 9.75. The van der Waals surface area contributed by atoms with Crippen LogP contribution in [0, 0.1) is 0 Å². The summed E-state index contributed by atoms with van der Waals surface area (Å²) >= 11 is 3.64. The van der Waals surface area contributed by atoms with Gasteiger partial charge in [0.25, 0.3) is 0 Å². The number of nitrogens with one attached hydrogen (secondary N) is 1. The largest absolute Gasteiger partial charge is 0.341 e. The second-order valence-corrected chi connectivity index (χ2v) is 7.25. The zero-order valence-corrected chi connectivity index (χ0v) is 14.1. The zero-order valence-electron chi connectivity index (χ0n) is 12.5. The summed E-state index contributed by atoms with van der Waals surface area (Å²) in [4.78, 5) is 13.6. The molecule has 3 nitrogen and oxygen atoms in total. The molecular formula is C17H23BrN2O.